The largest absolute Gasteiger partial charge is 0.334 e. The molecule has 3 N–H and O–H groups in total. The minimum atomic E-state index is -0.412. The van der Waals surface area contributed by atoms with Gasteiger partial charge in [-0.2, -0.15) is 4.68 Å². The van der Waals surface area contributed by atoms with Crippen molar-refractivity contribution in [3.05, 3.63) is 75.6 Å². The van der Waals surface area contributed by atoms with E-state index >= 15 is 0 Å². The molecule has 3 aromatic rings. The van der Waals surface area contributed by atoms with Crippen molar-refractivity contribution in [3.63, 3.8) is 0 Å². The molecule has 0 aliphatic rings. The fourth-order valence-corrected chi connectivity index (χ4v) is 3.40. The van der Waals surface area contributed by atoms with Crippen LogP contribution in [-0.2, 0) is 5.75 Å². The van der Waals surface area contributed by atoms with E-state index in [4.69, 9.17) is 5.84 Å². The highest BCUT2D eigenvalue weighted by Crippen LogP contribution is 2.21. The second-order valence-corrected chi connectivity index (χ2v) is 7.63. The first-order valence-corrected chi connectivity index (χ1v) is 9.72. The SMILES string of the molecule is Cc1cccc(CSc2nnc(Nc3ccc(C(C)C)cc3)c(=O)n2N)c1. The number of rotatable bonds is 6. The second-order valence-electron chi connectivity index (χ2n) is 6.69. The molecule has 1 aromatic heterocycles. The molecule has 0 saturated carbocycles. The third kappa shape index (κ3) is 4.68. The van der Waals surface area contributed by atoms with Crippen LogP contribution >= 0.6 is 11.8 Å². The van der Waals surface area contributed by atoms with Crippen molar-refractivity contribution in [2.24, 2.45) is 0 Å². The van der Waals surface area contributed by atoms with Crippen molar-refractivity contribution in [1.82, 2.24) is 14.9 Å². The topological polar surface area (TPSA) is 85.8 Å². The summed E-state index contributed by atoms with van der Waals surface area (Å²) >= 11 is 1.38. The van der Waals surface area contributed by atoms with Gasteiger partial charge in [0.25, 0.3) is 0 Å². The molecular formula is C20H23N5OS. The summed E-state index contributed by atoms with van der Waals surface area (Å²) < 4.78 is 1.04. The molecule has 0 aliphatic heterocycles. The van der Waals surface area contributed by atoms with E-state index in [1.54, 1.807) is 0 Å². The molecule has 27 heavy (non-hydrogen) atoms. The van der Waals surface area contributed by atoms with E-state index in [0.717, 1.165) is 15.9 Å². The number of hydrogen-bond donors (Lipinski definition) is 2. The zero-order valence-electron chi connectivity index (χ0n) is 15.6. The molecule has 0 amide bonds. The molecule has 140 valence electrons. The van der Waals surface area contributed by atoms with Crippen LogP contribution in [0.3, 0.4) is 0 Å². The Kier molecular flexibility index (Phi) is 5.81. The number of benzene rings is 2. The number of nitrogens with one attached hydrogen (secondary N) is 1. The molecule has 6 nitrogen and oxygen atoms in total. The van der Waals surface area contributed by atoms with Gasteiger partial charge in [-0.15, -0.1) is 10.2 Å². The molecule has 0 radical (unpaired) electrons. The number of aryl methyl sites for hydroxylation is 1. The Hall–Kier alpha value is -2.80. The zero-order chi connectivity index (χ0) is 19.4. The zero-order valence-corrected chi connectivity index (χ0v) is 16.5. The van der Waals surface area contributed by atoms with Crippen LogP contribution in [0.4, 0.5) is 11.5 Å². The highest BCUT2D eigenvalue weighted by atomic mass is 32.2. The second kappa shape index (κ2) is 8.26. The van der Waals surface area contributed by atoms with Gasteiger partial charge in [0.2, 0.25) is 11.0 Å². The lowest BCUT2D eigenvalue weighted by Gasteiger charge is -2.10. The first-order valence-electron chi connectivity index (χ1n) is 8.74. The lowest BCUT2D eigenvalue weighted by molar-refractivity contribution is 0.705. The molecule has 2 aromatic carbocycles. The van der Waals surface area contributed by atoms with Crippen LogP contribution in [0.2, 0.25) is 0 Å². The van der Waals surface area contributed by atoms with Crippen molar-refractivity contribution in [2.75, 3.05) is 11.2 Å². The molecule has 0 unspecified atom stereocenters. The fourth-order valence-electron chi connectivity index (χ4n) is 2.60. The van der Waals surface area contributed by atoms with Crippen LogP contribution < -0.4 is 16.7 Å². The summed E-state index contributed by atoms with van der Waals surface area (Å²) in [5.74, 6) is 7.15. The summed E-state index contributed by atoms with van der Waals surface area (Å²) in [5.41, 5.74) is 3.91. The van der Waals surface area contributed by atoms with E-state index in [1.807, 2.05) is 49.4 Å². The van der Waals surface area contributed by atoms with Crippen molar-refractivity contribution < 1.29 is 0 Å². The van der Waals surface area contributed by atoms with Crippen LogP contribution in [0, 0.1) is 6.92 Å². The fraction of sp³-hybridized carbons (Fsp3) is 0.250. The van der Waals surface area contributed by atoms with Crippen LogP contribution in [0.15, 0.2) is 58.5 Å². The molecule has 0 bridgehead atoms. The lowest BCUT2D eigenvalue weighted by atomic mass is 10.0. The van der Waals surface area contributed by atoms with Gasteiger partial charge >= 0.3 is 5.56 Å². The molecule has 0 atom stereocenters. The summed E-state index contributed by atoms with van der Waals surface area (Å²) in [6.07, 6.45) is 0. The third-order valence-electron chi connectivity index (χ3n) is 4.15. The first-order chi connectivity index (χ1) is 12.9. The molecule has 0 aliphatic carbocycles. The van der Waals surface area contributed by atoms with E-state index in [2.05, 4.69) is 35.4 Å². The van der Waals surface area contributed by atoms with Crippen LogP contribution in [0.25, 0.3) is 0 Å². The Balaban J connectivity index is 1.73. The molecule has 0 spiro atoms. The first kappa shape index (κ1) is 19.0. The minimum absolute atomic E-state index is 0.106. The van der Waals surface area contributed by atoms with E-state index in [9.17, 15) is 4.79 Å². The van der Waals surface area contributed by atoms with Crippen molar-refractivity contribution >= 4 is 23.3 Å². The summed E-state index contributed by atoms with van der Waals surface area (Å²) in [6.45, 7) is 6.31. The predicted octanol–water partition coefficient (Wildman–Crippen LogP) is 3.82. The summed E-state index contributed by atoms with van der Waals surface area (Å²) in [4.78, 5) is 12.5. The Morgan fingerprint density at radius 2 is 1.89 bits per heavy atom. The molecule has 3 rings (SSSR count). The maximum absolute atomic E-state index is 12.5. The van der Waals surface area contributed by atoms with Crippen LogP contribution in [-0.4, -0.2) is 14.9 Å². The van der Waals surface area contributed by atoms with Crippen molar-refractivity contribution in [2.45, 2.75) is 37.6 Å². The molecule has 0 fully saturated rings. The van der Waals surface area contributed by atoms with E-state index in [1.165, 1.54) is 22.9 Å². The van der Waals surface area contributed by atoms with Gasteiger partial charge in [-0.3, -0.25) is 4.79 Å². The minimum Gasteiger partial charge on any atom is -0.334 e. The Bertz CT molecular complexity index is 982. The van der Waals surface area contributed by atoms with Gasteiger partial charge in [0.15, 0.2) is 0 Å². The van der Waals surface area contributed by atoms with Crippen LogP contribution in [0.1, 0.15) is 36.5 Å². The molecular weight excluding hydrogens is 358 g/mol. The number of aromatic nitrogens is 3. The molecule has 1 heterocycles. The van der Waals surface area contributed by atoms with E-state index in [0.29, 0.717) is 16.8 Å². The summed E-state index contributed by atoms with van der Waals surface area (Å²) in [7, 11) is 0. The standard InChI is InChI=1S/C20H23N5OS/c1-13(2)16-7-9-17(10-8-16)22-18-19(26)25(21)20(24-23-18)27-12-15-6-4-5-14(3)11-15/h4-11,13H,12,21H2,1-3H3,(H,22,23). The van der Waals surface area contributed by atoms with E-state index < -0.39 is 5.56 Å². The highest BCUT2D eigenvalue weighted by molar-refractivity contribution is 7.98. The number of nitrogen functional groups attached to an aromatic ring is 1. The van der Waals surface area contributed by atoms with Gasteiger partial charge in [0.05, 0.1) is 0 Å². The maximum atomic E-state index is 12.5. The van der Waals surface area contributed by atoms with Crippen molar-refractivity contribution in [3.8, 4) is 0 Å². The summed E-state index contributed by atoms with van der Waals surface area (Å²) in [6, 6.07) is 16.0. The van der Waals surface area contributed by atoms with Gasteiger partial charge in [0.1, 0.15) is 0 Å². The number of nitrogens with two attached hydrogens (primary N) is 1. The number of nitrogens with zero attached hydrogens (tertiary/aromatic N) is 3. The highest BCUT2D eigenvalue weighted by Gasteiger charge is 2.11. The van der Waals surface area contributed by atoms with Gasteiger partial charge in [0, 0.05) is 11.4 Å². The average Bonchev–Trinajstić information content (AvgIpc) is 2.65. The van der Waals surface area contributed by atoms with Gasteiger partial charge in [-0.1, -0.05) is 67.6 Å². The predicted molar refractivity (Wildman–Crippen MR) is 111 cm³/mol. The molecule has 7 heteroatoms. The smallest absolute Gasteiger partial charge is 0.315 e. The normalized spacial score (nSPS) is 11.0. The van der Waals surface area contributed by atoms with Gasteiger partial charge in [-0.25, -0.2) is 0 Å². The number of thioether (sulfide) groups is 1. The maximum Gasteiger partial charge on any atom is 0.315 e. The summed E-state index contributed by atoms with van der Waals surface area (Å²) in [5, 5.41) is 11.5. The third-order valence-corrected chi connectivity index (χ3v) is 5.17. The van der Waals surface area contributed by atoms with Crippen molar-refractivity contribution in [1.29, 1.82) is 0 Å². The Labute approximate surface area is 162 Å². The lowest BCUT2D eigenvalue weighted by Crippen LogP contribution is -2.32. The van der Waals surface area contributed by atoms with Gasteiger partial charge in [-0.05, 0) is 36.1 Å². The Morgan fingerprint density at radius 1 is 1.15 bits per heavy atom. The van der Waals surface area contributed by atoms with Gasteiger partial charge < -0.3 is 11.2 Å². The quantitative estimate of drug-likeness (QED) is 0.499. The van der Waals surface area contributed by atoms with Crippen LogP contribution in [0.5, 0.6) is 0 Å². The van der Waals surface area contributed by atoms with E-state index in [-0.39, 0.29) is 5.82 Å². The average molecular weight is 382 g/mol. The number of anilines is 2. The number of hydrogen-bond acceptors (Lipinski definition) is 6. The monoisotopic (exact) mass is 381 g/mol. The molecule has 0 saturated heterocycles. The Morgan fingerprint density at radius 3 is 2.56 bits per heavy atom.